The molecule has 1 amide bonds. The molecule has 0 saturated carbocycles. The predicted molar refractivity (Wildman–Crippen MR) is 116 cm³/mol. The molecule has 2 aromatic rings. The lowest BCUT2D eigenvalue weighted by atomic mass is 9.97. The van der Waals surface area contributed by atoms with Crippen LogP contribution >= 0.6 is 0 Å². The maximum Gasteiger partial charge on any atom is 0.276 e. The Morgan fingerprint density at radius 2 is 1.90 bits per heavy atom. The number of rotatable bonds is 6. The molecular formula is C22H30N4O4S. The van der Waals surface area contributed by atoms with E-state index in [1.165, 1.54) is 10.4 Å². The second-order valence-corrected chi connectivity index (χ2v) is 10.3. The van der Waals surface area contributed by atoms with Gasteiger partial charge in [-0.05, 0) is 56.4 Å². The lowest BCUT2D eigenvalue weighted by molar-refractivity contribution is -0.126. The smallest absolute Gasteiger partial charge is 0.276 e. The lowest BCUT2D eigenvalue weighted by Crippen LogP contribution is -2.42. The Morgan fingerprint density at radius 3 is 2.58 bits per heavy atom. The maximum absolute atomic E-state index is 13.0. The van der Waals surface area contributed by atoms with Crippen LogP contribution in [0.3, 0.4) is 0 Å². The molecule has 9 heteroatoms. The average molecular weight is 447 g/mol. The molecule has 1 aromatic heterocycles. The summed E-state index contributed by atoms with van der Waals surface area (Å²) < 4.78 is 33.1. The van der Waals surface area contributed by atoms with Crippen LogP contribution in [0.5, 0.6) is 0 Å². The summed E-state index contributed by atoms with van der Waals surface area (Å²) in [4.78, 5) is 12.6. The normalized spacial score (nSPS) is 23.2. The van der Waals surface area contributed by atoms with E-state index in [-0.39, 0.29) is 23.0 Å². The zero-order chi connectivity index (χ0) is 22.0. The summed E-state index contributed by atoms with van der Waals surface area (Å²) in [5, 5.41) is 2.96. The molecule has 2 atom stereocenters. The van der Waals surface area contributed by atoms with E-state index < -0.39 is 10.0 Å². The van der Waals surface area contributed by atoms with Gasteiger partial charge in [-0.3, -0.25) is 10.2 Å². The highest BCUT2D eigenvalue weighted by Gasteiger charge is 2.34. The van der Waals surface area contributed by atoms with E-state index in [0.717, 1.165) is 17.5 Å². The molecule has 1 aromatic carbocycles. The van der Waals surface area contributed by atoms with Gasteiger partial charge in [-0.25, -0.2) is 13.8 Å². The van der Waals surface area contributed by atoms with Crippen LogP contribution in [0, 0.1) is 12.8 Å². The third kappa shape index (κ3) is 4.85. The molecule has 2 unspecified atom stereocenters. The molecule has 168 valence electrons. The largest absolute Gasteiger partial charge is 0.447 e. The van der Waals surface area contributed by atoms with Crippen LogP contribution in [0.25, 0.3) is 0 Å². The maximum atomic E-state index is 13.0. The van der Waals surface area contributed by atoms with Gasteiger partial charge in [-0.2, -0.15) is 4.31 Å². The van der Waals surface area contributed by atoms with E-state index in [2.05, 4.69) is 23.1 Å². The first-order valence-corrected chi connectivity index (χ1v) is 12.2. The molecule has 8 nitrogen and oxygen atoms in total. The average Bonchev–Trinajstić information content (AvgIpc) is 3.42. The van der Waals surface area contributed by atoms with Crippen molar-refractivity contribution in [2.24, 2.45) is 5.92 Å². The van der Waals surface area contributed by atoms with Gasteiger partial charge in [0, 0.05) is 31.6 Å². The Labute approximate surface area is 183 Å². The molecule has 0 radical (unpaired) electrons. The first-order chi connectivity index (χ1) is 14.8. The highest BCUT2D eigenvalue weighted by Crippen LogP contribution is 2.29. The van der Waals surface area contributed by atoms with Gasteiger partial charge >= 0.3 is 0 Å². The van der Waals surface area contributed by atoms with E-state index >= 15 is 0 Å². The van der Waals surface area contributed by atoms with Gasteiger partial charge in [0.15, 0.2) is 0 Å². The monoisotopic (exact) mass is 446 g/mol. The minimum absolute atomic E-state index is 0.0190. The summed E-state index contributed by atoms with van der Waals surface area (Å²) in [5.41, 5.74) is 8.45. The first-order valence-electron chi connectivity index (χ1n) is 10.8. The van der Waals surface area contributed by atoms with E-state index in [4.69, 9.17) is 4.42 Å². The van der Waals surface area contributed by atoms with Crippen molar-refractivity contribution in [3.63, 3.8) is 0 Å². The number of hydrogen-bond acceptors (Lipinski definition) is 6. The van der Waals surface area contributed by atoms with E-state index in [1.807, 2.05) is 31.2 Å². The van der Waals surface area contributed by atoms with Gasteiger partial charge in [-0.1, -0.05) is 24.3 Å². The topological polar surface area (TPSA) is 104 Å². The van der Waals surface area contributed by atoms with Crippen LogP contribution in [-0.4, -0.2) is 37.8 Å². The van der Waals surface area contributed by atoms with Crippen molar-refractivity contribution in [2.75, 3.05) is 13.1 Å². The van der Waals surface area contributed by atoms with Crippen molar-refractivity contribution in [2.45, 2.75) is 56.8 Å². The van der Waals surface area contributed by atoms with Gasteiger partial charge in [-0.15, -0.1) is 0 Å². The quantitative estimate of drug-likeness (QED) is 0.629. The summed E-state index contributed by atoms with van der Waals surface area (Å²) in [5.74, 6) is 0.410. The number of hydrogen-bond donors (Lipinski definition) is 3. The SMILES string of the molecule is Cc1ccccc1CNC(=O)C1CCN(S(=O)(=O)c2ccc(C3CC(C)NN3)o2)CC1. The van der Waals surface area contributed by atoms with Crippen LogP contribution in [0.1, 0.15) is 49.1 Å². The fourth-order valence-corrected chi connectivity index (χ4v) is 5.57. The zero-order valence-electron chi connectivity index (χ0n) is 17.9. The van der Waals surface area contributed by atoms with Gasteiger partial charge in [0.25, 0.3) is 10.0 Å². The van der Waals surface area contributed by atoms with Crippen LogP contribution in [0.15, 0.2) is 45.9 Å². The number of carbonyl (C=O) groups excluding carboxylic acids is 1. The number of sulfonamides is 1. The molecule has 31 heavy (non-hydrogen) atoms. The number of carbonyl (C=O) groups is 1. The molecule has 3 heterocycles. The number of nitrogens with zero attached hydrogens (tertiary/aromatic N) is 1. The molecule has 3 N–H and O–H groups in total. The van der Waals surface area contributed by atoms with Crippen molar-refractivity contribution in [3.05, 3.63) is 53.3 Å². The molecule has 0 spiro atoms. The Hall–Kier alpha value is -2.20. The highest BCUT2D eigenvalue weighted by molar-refractivity contribution is 7.89. The summed E-state index contributed by atoms with van der Waals surface area (Å²) in [6.45, 7) is 5.17. The fraction of sp³-hybridized carbons (Fsp3) is 0.500. The molecule has 0 aliphatic carbocycles. The van der Waals surface area contributed by atoms with E-state index in [0.29, 0.717) is 44.3 Å². The number of benzene rings is 1. The summed E-state index contributed by atoms with van der Waals surface area (Å²) in [6, 6.07) is 11.4. The Bertz CT molecular complexity index is 1030. The van der Waals surface area contributed by atoms with Gasteiger partial charge in [0.2, 0.25) is 11.0 Å². The first kappa shape index (κ1) is 22.0. The number of amides is 1. The van der Waals surface area contributed by atoms with E-state index in [9.17, 15) is 13.2 Å². The Balaban J connectivity index is 1.32. The van der Waals surface area contributed by atoms with Gasteiger partial charge < -0.3 is 9.73 Å². The number of nitrogens with one attached hydrogen (secondary N) is 3. The molecular weight excluding hydrogens is 416 g/mol. The summed E-state index contributed by atoms with van der Waals surface area (Å²) >= 11 is 0. The molecule has 2 aliphatic rings. The third-order valence-corrected chi connectivity index (χ3v) is 7.94. The second-order valence-electron chi connectivity index (χ2n) is 8.46. The molecule has 2 saturated heterocycles. The van der Waals surface area contributed by atoms with Crippen molar-refractivity contribution >= 4 is 15.9 Å². The molecule has 2 aliphatic heterocycles. The minimum Gasteiger partial charge on any atom is -0.447 e. The van der Waals surface area contributed by atoms with Crippen molar-refractivity contribution in [3.8, 4) is 0 Å². The van der Waals surface area contributed by atoms with Crippen molar-refractivity contribution in [1.29, 1.82) is 0 Å². The van der Waals surface area contributed by atoms with Crippen LogP contribution in [0.4, 0.5) is 0 Å². The predicted octanol–water partition coefficient (Wildman–Crippen LogP) is 2.23. The van der Waals surface area contributed by atoms with Crippen LogP contribution in [-0.2, 0) is 21.4 Å². The summed E-state index contributed by atoms with van der Waals surface area (Å²) in [7, 11) is -3.71. The lowest BCUT2D eigenvalue weighted by Gasteiger charge is -2.29. The van der Waals surface area contributed by atoms with Gasteiger partial charge in [0.1, 0.15) is 5.76 Å². The Kier molecular flexibility index (Phi) is 6.47. The zero-order valence-corrected chi connectivity index (χ0v) is 18.7. The number of furan rings is 1. The molecule has 2 fully saturated rings. The number of piperidine rings is 1. The number of aryl methyl sites for hydroxylation is 1. The van der Waals surface area contributed by atoms with Crippen LogP contribution in [0.2, 0.25) is 0 Å². The Morgan fingerprint density at radius 1 is 1.16 bits per heavy atom. The summed E-state index contributed by atoms with van der Waals surface area (Å²) in [6.07, 6.45) is 1.83. The van der Waals surface area contributed by atoms with Crippen molar-refractivity contribution in [1.82, 2.24) is 20.5 Å². The molecule has 0 bridgehead atoms. The minimum atomic E-state index is -3.71. The molecule has 4 rings (SSSR count). The fourth-order valence-electron chi connectivity index (χ4n) is 4.18. The third-order valence-electron chi connectivity index (χ3n) is 6.17. The second kappa shape index (κ2) is 9.12. The highest BCUT2D eigenvalue weighted by atomic mass is 32.2. The standard InChI is InChI=1S/C22H30N4O4S/c1-15-5-3-4-6-18(15)14-23-22(27)17-9-11-26(12-10-17)31(28,29)21-8-7-20(30-21)19-13-16(2)24-25-19/h3-8,16-17,19,24-25H,9-14H2,1-2H3,(H,23,27). The van der Waals surface area contributed by atoms with Crippen molar-refractivity contribution < 1.29 is 17.6 Å². The number of hydrazine groups is 1. The van der Waals surface area contributed by atoms with Gasteiger partial charge in [0.05, 0.1) is 6.04 Å². The van der Waals surface area contributed by atoms with E-state index in [1.54, 1.807) is 6.07 Å². The van der Waals surface area contributed by atoms with Crippen LogP contribution < -0.4 is 16.2 Å².